The van der Waals surface area contributed by atoms with Gasteiger partial charge in [0.15, 0.2) is 9.84 Å². The van der Waals surface area contributed by atoms with Gasteiger partial charge in [-0.15, -0.1) is 0 Å². The largest absolute Gasteiger partial charge is 0.324 e. The van der Waals surface area contributed by atoms with Gasteiger partial charge in [0.05, 0.1) is 15.6 Å². The van der Waals surface area contributed by atoms with Gasteiger partial charge in [-0.2, -0.15) is 0 Å². The molecule has 1 N–H and O–H groups in total. The smallest absolute Gasteiger partial charge is 0.228 e. The summed E-state index contributed by atoms with van der Waals surface area (Å²) in [6.45, 7) is 0. The Kier molecular flexibility index (Phi) is 3.98. The predicted molar refractivity (Wildman–Crippen MR) is 101 cm³/mol. The lowest BCUT2D eigenvalue weighted by Gasteiger charge is -2.11. The number of carbonyl (C=O) groups is 1. The molecule has 2 aliphatic rings. The number of nitrogens with one attached hydrogen (secondary N) is 1. The van der Waals surface area contributed by atoms with E-state index in [-0.39, 0.29) is 22.6 Å². The topological polar surface area (TPSA) is 63.2 Å². The first-order valence-corrected chi connectivity index (χ1v) is 10.9. The van der Waals surface area contributed by atoms with Gasteiger partial charge in [-0.25, -0.2) is 8.42 Å². The number of hydrogen-bond acceptors (Lipinski definition) is 3. The van der Waals surface area contributed by atoms with E-state index in [9.17, 15) is 13.2 Å². The van der Waals surface area contributed by atoms with Gasteiger partial charge in [0.25, 0.3) is 0 Å². The molecule has 2 aliphatic carbocycles. The number of halogens is 2. The second kappa shape index (κ2) is 5.83. The quantitative estimate of drug-likeness (QED) is 0.784. The molecule has 1 saturated carbocycles. The summed E-state index contributed by atoms with van der Waals surface area (Å²) in [6.07, 6.45) is 2.03. The Bertz CT molecular complexity index is 1010. The molecule has 0 aliphatic heterocycles. The van der Waals surface area contributed by atoms with Crippen LogP contribution in [-0.2, 0) is 21.1 Å². The van der Waals surface area contributed by atoms with E-state index in [0.717, 1.165) is 17.1 Å². The van der Waals surface area contributed by atoms with Crippen molar-refractivity contribution in [2.45, 2.75) is 17.2 Å². The van der Waals surface area contributed by atoms with E-state index in [1.54, 1.807) is 0 Å². The molecule has 2 aromatic rings. The number of sulfone groups is 1. The van der Waals surface area contributed by atoms with Crippen molar-refractivity contribution in [1.82, 2.24) is 0 Å². The van der Waals surface area contributed by atoms with Gasteiger partial charge in [-0.3, -0.25) is 4.79 Å². The number of hydrogen-bond donors (Lipinski definition) is 1. The summed E-state index contributed by atoms with van der Waals surface area (Å²) < 4.78 is 24.4. The molecular weight excluding hydrogens is 426 g/mol. The maximum Gasteiger partial charge on any atom is 0.228 e. The molecule has 25 heavy (non-hydrogen) atoms. The minimum atomic E-state index is -3.36. The van der Waals surface area contributed by atoms with Crippen molar-refractivity contribution >= 4 is 49.0 Å². The summed E-state index contributed by atoms with van der Waals surface area (Å²) in [6, 6.07) is 10.6. The Morgan fingerprint density at radius 3 is 2.72 bits per heavy atom. The van der Waals surface area contributed by atoms with Crippen molar-refractivity contribution in [1.29, 1.82) is 0 Å². The zero-order valence-electron chi connectivity index (χ0n) is 13.3. The third-order valence-corrected chi connectivity index (χ3v) is 6.95. The first-order chi connectivity index (χ1) is 11.8. The minimum absolute atomic E-state index is 0.0836. The van der Waals surface area contributed by atoms with Gasteiger partial charge in [-0.05, 0) is 53.8 Å². The maximum atomic E-state index is 12.7. The fraction of sp³-hybridized carbons (Fsp3) is 0.278. The third-order valence-electron chi connectivity index (χ3n) is 5.02. The van der Waals surface area contributed by atoms with Gasteiger partial charge in [0, 0.05) is 22.6 Å². The van der Waals surface area contributed by atoms with E-state index in [2.05, 4.69) is 33.4 Å². The summed E-state index contributed by atoms with van der Waals surface area (Å²) in [5.74, 6) is 0.374. The normalized spacial score (nSPS) is 23.7. The molecule has 2 aromatic carbocycles. The highest BCUT2D eigenvalue weighted by molar-refractivity contribution is 9.10. The van der Waals surface area contributed by atoms with Gasteiger partial charge >= 0.3 is 0 Å². The molecule has 1 fully saturated rings. The van der Waals surface area contributed by atoms with Crippen LogP contribution in [0.3, 0.4) is 0 Å². The molecule has 0 saturated heterocycles. The fourth-order valence-corrected chi connectivity index (χ4v) is 4.96. The molecular formula is C18H15BrClNO3S. The lowest BCUT2D eigenvalue weighted by atomic mass is 10.0. The fourth-order valence-electron chi connectivity index (χ4n) is 3.77. The highest BCUT2D eigenvalue weighted by Gasteiger charge is 2.59. The molecule has 0 heterocycles. The number of rotatable bonds is 3. The highest BCUT2D eigenvalue weighted by Crippen LogP contribution is 2.62. The van der Waals surface area contributed by atoms with Crippen LogP contribution in [0.4, 0.5) is 5.69 Å². The summed E-state index contributed by atoms with van der Waals surface area (Å²) in [5.41, 5.74) is 2.88. The van der Waals surface area contributed by atoms with E-state index < -0.39 is 9.84 Å². The van der Waals surface area contributed by atoms with Gasteiger partial charge in [-0.1, -0.05) is 33.6 Å². The zero-order chi connectivity index (χ0) is 17.9. The molecule has 130 valence electrons. The number of anilines is 1. The molecule has 7 heteroatoms. The average molecular weight is 441 g/mol. The van der Waals surface area contributed by atoms with Crippen LogP contribution >= 0.6 is 27.5 Å². The van der Waals surface area contributed by atoms with Crippen LogP contribution in [0.2, 0.25) is 5.02 Å². The second-order valence-corrected chi connectivity index (χ2v) is 10.0. The Labute approximate surface area is 159 Å². The van der Waals surface area contributed by atoms with Crippen molar-refractivity contribution in [3.8, 4) is 0 Å². The molecule has 0 bridgehead atoms. The van der Waals surface area contributed by atoms with Crippen molar-refractivity contribution in [2.75, 3.05) is 11.6 Å². The molecule has 3 unspecified atom stereocenters. The van der Waals surface area contributed by atoms with E-state index in [1.807, 2.05) is 6.07 Å². The van der Waals surface area contributed by atoms with Crippen LogP contribution in [0.25, 0.3) is 0 Å². The summed E-state index contributed by atoms with van der Waals surface area (Å²) in [4.78, 5) is 12.8. The summed E-state index contributed by atoms with van der Waals surface area (Å²) >= 11 is 9.61. The molecule has 4 rings (SSSR count). The minimum Gasteiger partial charge on any atom is -0.324 e. The van der Waals surface area contributed by atoms with Crippen LogP contribution in [0, 0.1) is 11.8 Å². The Balaban J connectivity index is 1.55. The van der Waals surface area contributed by atoms with Gasteiger partial charge in [0.2, 0.25) is 5.91 Å². The summed E-state index contributed by atoms with van der Waals surface area (Å²) in [7, 11) is -3.36. The monoisotopic (exact) mass is 439 g/mol. The highest BCUT2D eigenvalue weighted by atomic mass is 79.9. The number of benzene rings is 2. The average Bonchev–Trinajstić information content (AvgIpc) is 3.13. The van der Waals surface area contributed by atoms with Crippen LogP contribution < -0.4 is 5.32 Å². The predicted octanol–water partition coefficient (Wildman–Crippen LogP) is 4.03. The maximum absolute atomic E-state index is 12.7. The number of amides is 1. The lowest BCUT2D eigenvalue weighted by molar-refractivity contribution is -0.117. The van der Waals surface area contributed by atoms with Crippen molar-refractivity contribution in [2.24, 2.45) is 11.8 Å². The number of fused-ring (bicyclic) bond motifs is 3. The van der Waals surface area contributed by atoms with E-state index in [0.29, 0.717) is 16.6 Å². The van der Waals surface area contributed by atoms with Gasteiger partial charge in [0.1, 0.15) is 0 Å². The Hall–Kier alpha value is -1.37. The number of carbonyl (C=O) groups excluding carboxylic acids is 1. The van der Waals surface area contributed by atoms with Crippen molar-refractivity contribution in [3.63, 3.8) is 0 Å². The van der Waals surface area contributed by atoms with Crippen LogP contribution in [0.15, 0.2) is 45.8 Å². The van der Waals surface area contributed by atoms with Crippen LogP contribution in [0.1, 0.15) is 17.0 Å². The molecule has 4 nitrogen and oxygen atoms in total. The molecule has 0 spiro atoms. The van der Waals surface area contributed by atoms with E-state index in [4.69, 9.17) is 11.6 Å². The van der Waals surface area contributed by atoms with Crippen LogP contribution in [0.5, 0.6) is 0 Å². The van der Waals surface area contributed by atoms with Crippen LogP contribution in [-0.4, -0.2) is 20.6 Å². The second-order valence-electron chi connectivity index (χ2n) is 6.67. The molecule has 0 radical (unpaired) electrons. The van der Waals surface area contributed by atoms with Gasteiger partial charge < -0.3 is 5.32 Å². The Morgan fingerprint density at radius 2 is 2.00 bits per heavy atom. The van der Waals surface area contributed by atoms with E-state index in [1.165, 1.54) is 29.3 Å². The molecule has 1 amide bonds. The third kappa shape index (κ3) is 3.00. The molecule has 3 atom stereocenters. The Morgan fingerprint density at radius 1 is 1.24 bits per heavy atom. The van der Waals surface area contributed by atoms with Crippen molar-refractivity contribution < 1.29 is 13.2 Å². The first kappa shape index (κ1) is 17.1. The lowest BCUT2D eigenvalue weighted by Crippen LogP contribution is -2.17. The SMILES string of the molecule is CS(=O)(=O)c1ccc(Cl)c(NC(=O)C2C3Cc4ccc(Br)cc4C32)c1. The van der Waals surface area contributed by atoms with E-state index >= 15 is 0 Å². The standard InChI is InChI=1S/C18H15BrClNO3S/c1-25(23,24)11-4-5-14(20)15(8-11)21-18(22)17-13-6-9-2-3-10(19)7-12(9)16(13)17/h2-5,7-8,13,16-17H,6H2,1H3,(H,21,22). The summed E-state index contributed by atoms with van der Waals surface area (Å²) in [5, 5.41) is 3.14. The molecule has 0 aromatic heterocycles. The first-order valence-electron chi connectivity index (χ1n) is 7.84. The zero-order valence-corrected chi connectivity index (χ0v) is 16.5. The van der Waals surface area contributed by atoms with Crippen molar-refractivity contribution in [3.05, 3.63) is 57.0 Å².